The van der Waals surface area contributed by atoms with E-state index in [0.29, 0.717) is 37.4 Å². The first-order valence-electron chi connectivity index (χ1n) is 11.0. The first-order chi connectivity index (χ1) is 15.8. The number of anilines is 1. The van der Waals surface area contributed by atoms with Crippen LogP contribution in [0.5, 0.6) is 0 Å². The number of aliphatic imine (C=N–C) groups is 1. The number of carbonyl (C=O) groups is 1. The van der Waals surface area contributed by atoms with E-state index in [1.165, 1.54) is 10.9 Å². The number of rotatable bonds is 7. The van der Waals surface area contributed by atoms with Crippen molar-refractivity contribution in [2.24, 2.45) is 4.99 Å². The Balaban J connectivity index is 1.77. The number of likely N-dealkylation sites (tertiary alicyclic amines) is 1. The van der Waals surface area contributed by atoms with Crippen molar-refractivity contribution >= 4 is 17.5 Å². The highest BCUT2D eigenvalue weighted by Gasteiger charge is 2.32. The van der Waals surface area contributed by atoms with Crippen molar-refractivity contribution in [3.63, 3.8) is 0 Å². The normalized spacial score (nSPS) is 16.4. The molecule has 1 fully saturated rings. The lowest BCUT2D eigenvalue weighted by Crippen LogP contribution is -2.47. The second-order valence-corrected chi connectivity index (χ2v) is 8.31. The van der Waals surface area contributed by atoms with Crippen LogP contribution < -0.4 is 16.6 Å². The van der Waals surface area contributed by atoms with Crippen LogP contribution in [0.25, 0.3) is 0 Å². The molecule has 0 radical (unpaired) electrons. The van der Waals surface area contributed by atoms with Gasteiger partial charge in [0.2, 0.25) is 0 Å². The third-order valence-electron chi connectivity index (χ3n) is 5.84. The molecule has 1 aliphatic rings. The fourth-order valence-electron chi connectivity index (χ4n) is 3.83. The predicted molar refractivity (Wildman–Crippen MR) is 126 cm³/mol. The van der Waals surface area contributed by atoms with Crippen LogP contribution in [0.2, 0.25) is 0 Å². The molecule has 0 atom stereocenters. The van der Waals surface area contributed by atoms with Crippen LogP contribution in [0.4, 0.5) is 10.5 Å². The monoisotopic (exact) mass is 456 g/mol. The molecule has 10 heteroatoms. The predicted octanol–water partition coefficient (Wildman–Crippen LogP) is 0.996. The maximum atomic E-state index is 12.9. The molecule has 33 heavy (non-hydrogen) atoms. The third kappa shape index (κ3) is 5.96. The van der Waals surface area contributed by atoms with E-state index < -0.39 is 17.3 Å². The van der Waals surface area contributed by atoms with E-state index in [4.69, 9.17) is 10.5 Å². The van der Waals surface area contributed by atoms with Gasteiger partial charge in [0.05, 0.1) is 30.8 Å². The molecule has 0 bridgehead atoms. The third-order valence-corrected chi connectivity index (χ3v) is 5.84. The number of aliphatic hydroxyl groups is 1. The molecule has 1 aliphatic heterocycles. The lowest BCUT2D eigenvalue weighted by atomic mass is 9.91. The van der Waals surface area contributed by atoms with Gasteiger partial charge in [-0.15, -0.1) is 0 Å². The highest BCUT2D eigenvalue weighted by molar-refractivity contribution is 6.14. The maximum absolute atomic E-state index is 12.9. The fourth-order valence-corrected chi connectivity index (χ4v) is 3.83. The number of nitrogens with zero attached hydrogens (tertiary/aromatic N) is 4. The van der Waals surface area contributed by atoms with Gasteiger partial charge in [0.1, 0.15) is 11.4 Å². The molecule has 3 rings (SSSR count). The van der Waals surface area contributed by atoms with E-state index in [2.05, 4.69) is 20.2 Å². The Morgan fingerprint density at radius 1 is 1.30 bits per heavy atom. The quantitative estimate of drug-likeness (QED) is 0.529. The zero-order valence-corrected chi connectivity index (χ0v) is 19.4. The number of carbonyl (C=O) groups excluding carboxylic acids is 1. The topological polar surface area (TPSA) is 135 Å². The molecule has 0 spiro atoms. The van der Waals surface area contributed by atoms with Gasteiger partial charge in [-0.2, -0.15) is 0 Å². The zero-order chi connectivity index (χ0) is 24.0. The molecular weight excluding hydrogens is 424 g/mol. The van der Waals surface area contributed by atoms with Gasteiger partial charge in [0.25, 0.3) is 5.56 Å². The van der Waals surface area contributed by atoms with Gasteiger partial charge in [-0.25, -0.2) is 9.78 Å². The Kier molecular flexibility index (Phi) is 7.83. The summed E-state index contributed by atoms with van der Waals surface area (Å²) in [6.07, 6.45) is 2.11. The van der Waals surface area contributed by atoms with E-state index in [9.17, 15) is 14.7 Å². The van der Waals surface area contributed by atoms with Gasteiger partial charge in [0, 0.05) is 32.2 Å². The minimum absolute atomic E-state index is 0.0114. The molecule has 1 saturated heterocycles. The van der Waals surface area contributed by atoms with Crippen LogP contribution >= 0.6 is 0 Å². The van der Waals surface area contributed by atoms with Crippen molar-refractivity contribution < 1.29 is 14.6 Å². The van der Waals surface area contributed by atoms with Crippen molar-refractivity contribution in [3.8, 4) is 0 Å². The van der Waals surface area contributed by atoms with Crippen LogP contribution in [0.15, 0.2) is 40.4 Å². The number of nitrogen functional groups attached to an aromatic ring is 1. The lowest BCUT2D eigenvalue weighted by Gasteiger charge is -2.36. The molecule has 1 aromatic heterocycles. The van der Waals surface area contributed by atoms with Gasteiger partial charge in [-0.1, -0.05) is 24.3 Å². The van der Waals surface area contributed by atoms with Crippen LogP contribution in [-0.2, 0) is 17.8 Å². The minimum Gasteiger partial charge on any atom is -0.450 e. The largest absolute Gasteiger partial charge is 0.450 e. The molecule has 4 N–H and O–H groups in total. The van der Waals surface area contributed by atoms with Gasteiger partial charge >= 0.3 is 6.09 Å². The smallest absolute Gasteiger partial charge is 0.407 e. The zero-order valence-electron chi connectivity index (χ0n) is 19.4. The molecule has 2 heterocycles. The van der Waals surface area contributed by atoms with Crippen LogP contribution in [0.1, 0.15) is 36.6 Å². The highest BCUT2D eigenvalue weighted by atomic mass is 16.5. The number of benzene rings is 1. The summed E-state index contributed by atoms with van der Waals surface area (Å²) >= 11 is 0. The number of nitrogens with two attached hydrogens (primary N) is 1. The number of alkyl carbamates (subject to hydrolysis) is 1. The highest BCUT2D eigenvalue weighted by Crippen LogP contribution is 2.23. The van der Waals surface area contributed by atoms with E-state index in [1.54, 1.807) is 14.0 Å². The first-order valence-corrected chi connectivity index (χ1v) is 11.0. The van der Waals surface area contributed by atoms with Crippen molar-refractivity contribution in [1.29, 1.82) is 0 Å². The number of hydrogen-bond acceptors (Lipinski definition) is 8. The molecule has 10 nitrogen and oxygen atoms in total. The number of aromatic nitrogens is 2. The summed E-state index contributed by atoms with van der Waals surface area (Å²) in [4.78, 5) is 35.3. The number of piperidine rings is 1. The van der Waals surface area contributed by atoms with Crippen LogP contribution in [0.3, 0.4) is 0 Å². The first kappa shape index (κ1) is 24.4. The van der Waals surface area contributed by atoms with Crippen molar-refractivity contribution in [3.05, 3.63) is 57.8 Å². The average Bonchev–Trinajstić information content (AvgIpc) is 2.81. The summed E-state index contributed by atoms with van der Waals surface area (Å²) < 4.78 is 6.23. The van der Waals surface area contributed by atoms with Crippen molar-refractivity contribution in [1.82, 2.24) is 19.8 Å². The summed E-state index contributed by atoms with van der Waals surface area (Å²) in [5, 5.41) is 13.5. The molecule has 178 valence electrons. The Labute approximate surface area is 193 Å². The van der Waals surface area contributed by atoms with E-state index in [-0.39, 0.29) is 12.2 Å². The Bertz CT molecular complexity index is 1060. The van der Waals surface area contributed by atoms with Gasteiger partial charge < -0.3 is 25.8 Å². The summed E-state index contributed by atoms with van der Waals surface area (Å²) in [6, 6.07) is 7.36. The second-order valence-electron chi connectivity index (χ2n) is 8.31. The molecule has 1 aromatic carbocycles. The fraction of sp³-hybridized carbons (Fsp3) is 0.478. The average molecular weight is 457 g/mol. The summed E-state index contributed by atoms with van der Waals surface area (Å²) in [5.74, 6) is 0. The molecule has 0 unspecified atom stereocenters. The van der Waals surface area contributed by atoms with Crippen molar-refractivity contribution in [2.75, 3.05) is 39.5 Å². The standard InChI is InChI=1S/C23H32N6O4/c1-4-33-22(31)26-13-16-5-7-17(8-6-16)19(25-2)20-18(24)21(30)29(15-27-20)14-23(32)9-11-28(3)12-10-23/h5-8,15,32H,4,9-14,24H2,1-3H3,(H,26,31). The van der Waals surface area contributed by atoms with E-state index in [1.807, 2.05) is 31.3 Å². The molecule has 1 amide bonds. The summed E-state index contributed by atoms with van der Waals surface area (Å²) in [5.41, 5.74) is 7.21. The molecule has 0 saturated carbocycles. The maximum Gasteiger partial charge on any atom is 0.407 e. The number of amides is 1. The van der Waals surface area contributed by atoms with Crippen LogP contribution in [0, 0.1) is 0 Å². The number of hydrogen-bond donors (Lipinski definition) is 3. The SMILES string of the molecule is CCOC(=O)NCc1ccc(C(=NC)c2ncn(CC3(O)CCN(C)CC3)c(=O)c2N)cc1. The van der Waals surface area contributed by atoms with Crippen LogP contribution in [-0.4, -0.2) is 70.8 Å². The van der Waals surface area contributed by atoms with Gasteiger partial charge in [0.15, 0.2) is 0 Å². The van der Waals surface area contributed by atoms with Gasteiger partial charge in [-0.05, 0) is 32.4 Å². The second kappa shape index (κ2) is 10.6. The lowest BCUT2D eigenvalue weighted by molar-refractivity contribution is -0.0299. The molecule has 2 aromatic rings. The summed E-state index contributed by atoms with van der Waals surface area (Å²) in [7, 11) is 3.62. The van der Waals surface area contributed by atoms with Crippen molar-refractivity contribution in [2.45, 2.75) is 38.5 Å². The minimum atomic E-state index is -0.957. The Morgan fingerprint density at radius 3 is 2.58 bits per heavy atom. The van der Waals surface area contributed by atoms with E-state index in [0.717, 1.165) is 24.2 Å². The van der Waals surface area contributed by atoms with Gasteiger partial charge in [-0.3, -0.25) is 14.4 Å². The Hall–Kier alpha value is -3.24. The molecular formula is C23H32N6O4. The van der Waals surface area contributed by atoms with E-state index >= 15 is 0 Å². The molecule has 0 aliphatic carbocycles. The number of ether oxygens (including phenoxy) is 1. The summed E-state index contributed by atoms with van der Waals surface area (Å²) in [6.45, 7) is 4.07. The Morgan fingerprint density at radius 2 is 1.97 bits per heavy atom. The number of nitrogens with one attached hydrogen (secondary N) is 1.